The second kappa shape index (κ2) is 6.10. The predicted octanol–water partition coefficient (Wildman–Crippen LogP) is 3.43. The van der Waals surface area contributed by atoms with Gasteiger partial charge < -0.3 is 4.74 Å². The maximum atomic E-state index is 5.30. The Kier molecular flexibility index (Phi) is 5.05. The maximum absolute atomic E-state index is 5.30. The molecule has 0 aliphatic carbocycles. The average Bonchev–Trinajstić information content (AvgIpc) is 2.15. The van der Waals surface area contributed by atoms with Gasteiger partial charge in [0.15, 0.2) is 0 Å². The van der Waals surface area contributed by atoms with Crippen LogP contribution in [0.3, 0.4) is 0 Å². The molecule has 0 N–H and O–H groups in total. The molecule has 0 amide bonds. The van der Waals surface area contributed by atoms with E-state index in [1.807, 2.05) is 18.7 Å². The van der Waals surface area contributed by atoms with Gasteiger partial charge in [0.2, 0.25) is 0 Å². The third kappa shape index (κ3) is 3.72. The monoisotopic (exact) mass is 210 g/mol. The minimum atomic E-state index is 0.813. The summed E-state index contributed by atoms with van der Waals surface area (Å²) in [5, 5.41) is 0. The molecule has 0 saturated carbocycles. The lowest BCUT2D eigenvalue weighted by atomic mass is 10.2. The Balaban J connectivity index is 2.42. The van der Waals surface area contributed by atoms with Crippen molar-refractivity contribution in [2.45, 2.75) is 25.7 Å². The lowest BCUT2D eigenvalue weighted by molar-refractivity contribution is 0.164. The fourth-order valence-electron chi connectivity index (χ4n) is 1.32. The molecule has 1 nitrogen and oxygen atoms in total. The molecule has 1 aromatic carbocycles. The molecule has 0 fully saturated rings. The van der Waals surface area contributed by atoms with Gasteiger partial charge in [-0.2, -0.15) is 0 Å². The Morgan fingerprint density at radius 2 is 2.07 bits per heavy atom. The van der Waals surface area contributed by atoms with Crippen molar-refractivity contribution < 1.29 is 4.74 Å². The first kappa shape index (κ1) is 11.6. The van der Waals surface area contributed by atoms with Crippen LogP contribution in [0.25, 0.3) is 0 Å². The van der Waals surface area contributed by atoms with Crippen molar-refractivity contribution >= 4 is 11.8 Å². The number of hydrogen-bond acceptors (Lipinski definition) is 2. The van der Waals surface area contributed by atoms with Crippen LogP contribution in [0, 0.1) is 13.8 Å². The summed E-state index contributed by atoms with van der Waals surface area (Å²) in [5.74, 6) is 1.04. The van der Waals surface area contributed by atoms with Crippen molar-refractivity contribution in [1.82, 2.24) is 0 Å². The molecule has 2 heteroatoms. The van der Waals surface area contributed by atoms with Crippen molar-refractivity contribution in [1.29, 1.82) is 0 Å². The Labute approximate surface area is 90.9 Å². The van der Waals surface area contributed by atoms with Gasteiger partial charge in [0, 0.05) is 17.3 Å². The van der Waals surface area contributed by atoms with Crippen molar-refractivity contribution in [3.63, 3.8) is 0 Å². The topological polar surface area (TPSA) is 9.23 Å². The summed E-state index contributed by atoms with van der Waals surface area (Å²) < 4.78 is 5.30. The predicted molar refractivity (Wildman–Crippen MR) is 63.1 cm³/mol. The molecular formula is C12H18OS. The summed E-state index contributed by atoms with van der Waals surface area (Å²) in [4.78, 5) is 1.37. The zero-order valence-electron chi connectivity index (χ0n) is 9.17. The molecule has 0 unspecified atom stereocenters. The van der Waals surface area contributed by atoms with E-state index in [1.54, 1.807) is 0 Å². The molecule has 0 spiro atoms. The Bertz CT molecular complexity index is 284. The van der Waals surface area contributed by atoms with Crippen molar-refractivity contribution in [3.05, 3.63) is 29.3 Å². The van der Waals surface area contributed by atoms with Crippen molar-refractivity contribution in [2.75, 3.05) is 19.0 Å². The fraction of sp³-hybridized carbons (Fsp3) is 0.500. The first-order valence-corrected chi connectivity index (χ1v) is 6.00. The number of rotatable bonds is 5. The van der Waals surface area contributed by atoms with Crippen LogP contribution in [0.15, 0.2) is 23.1 Å². The highest BCUT2D eigenvalue weighted by atomic mass is 32.2. The minimum absolute atomic E-state index is 0.813. The molecule has 1 rings (SSSR count). The van der Waals surface area contributed by atoms with E-state index in [1.165, 1.54) is 16.0 Å². The first-order valence-electron chi connectivity index (χ1n) is 5.02. The molecule has 0 aliphatic heterocycles. The lowest BCUT2D eigenvalue weighted by Gasteiger charge is -2.06. The standard InChI is InChI=1S/C12H18OS/c1-4-13-7-8-14-12-6-5-10(2)9-11(12)3/h5-6,9H,4,7-8H2,1-3H3. The number of benzene rings is 1. The molecule has 14 heavy (non-hydrogen) atoms. The van der Waals surface area contributed by atoms with E-state index >= 15 is 0 Å². The number of hydrogen-bond donors (Lipinski definition) is 0. The largest absolute Gasteiger partial charge is 0.381 e. The van der Waals surface area contributed by atoms with Crippen LogP contribution in [0.4, 0.5) is 0 Å². The highest BCUT2D eigenvalue weighted by Crippen LogP contribution is 2.22. The second-order valence-electron chi connectivity index (χ2n) is 3.31. The summed E-state index contributed by atoms with van der Waals surface area (Å²) in [6, 6.07) is 6.58. The third-order valence-electron chi connectivity index (χ3n) is 2.02. The molecule has 0 bridgehead atoms. The van der Waals surface area contributed by atoms with Crippen LogP contribution in [-0.2, 0) is 4.74 Å². The average molecular weight is 210 g/mol. The molecular weight excluding hydrogens is 192 g/mol. The Hall–Kier alpha value is -0.470. The summed E-state index contributed by atoms with van der Waals surface area (Å²) in [6.07, 6.45) is 0. The van der Waals surface area contributed by atoms with Gasteiger partial charge in [0.25, 0.3) is 0 Å². The van der Waals surface area contributed by atoms with Crippen LogP contribution < -0.4 is 0 Å². The molecule has 1 aromatic rings. The fourth-order valence-corrected chi connectivity index (χ4v) is 2.19. The van der Waals surface area contributed by atoms with Gasteiger partial charge in [0.05, 0.1) is 6.61 Å². The zero-order valence-corrected chi connectivity index (χ0v) is 9.99. The third-order valence-corrected chi connectivity index (χ3v) is 3.16. The van der Waals surface area contributed by atoms with Gasteiger partial charge in [0.1, 0.15) is 0 Å². The molecule has 0 radical (unpaired) electrons. The van der Waals surface area contributed by atoms with E-state index in [0.29, 0.717) is 0 Å². The van der Waals surface area contributed by atoms with Gasteiger partial charge in [-0.25, -0.2) is 0 Å². The number of ether oxygens (including phenoxy) is 1. The second-order valence-corrected chi connectivity index (χ2v) is 4.45. The Morgan fingerprint density at radius 1 is 1.29 bits per heavy atom. The van der Waals surface area contributed by atoms with Gasteiger partial charge in [-0.05, 0) is 32.4 Å². The van der Waals surface area contributed by atoms with Gasteiger partial charge in [-0.3, -0.25) is 0 Å². The quantitative estimate of drug-likeness (QED) is 0.544. The van der Waals surface area contributed by atoms with Crippen molar-refractivity contribution in [3.8, 4) is 0 Å². The smallest absolute Gasteiger partial charge is 0.0560 e. The normalized spacial score (nSPS) is 10.5. The van der Waals surface area contributed by atoms with E-state index in [0.717, 1.165) is 19.0 Å². The van der Waals surface area contributed by atoms with Gasteiger partial charge in [-0.15, -0.1) is 11.8 Å². The number of thioether (sulfide) groups is 1. The van der Waals surface area contributed by atoms with E-state index in [9.17, 15) is 0 Å². The molecule has 0 atom stereocenters. The van der Waals surface area contributed by atoms with Gasteiger partial charge in [-0.1, -0.05) is 17.7 Å². The summed E-state index contributed by atoms with van der Waals surface area (Å²) >= 11 is 1.87. The summed E-state index contributed by atoms with van der Waals surface area (Å²) in [6.45, 7) is 7.97. The molecule has 0 aliphatic rings. The van der Waals surface area contributed by atoms with Crippen molar-refractivity contribution in [2.24, 2.45) is 0 Å². The van der Waals surface area contributed by atoms with Crippen LogP contribution >= 0.6 is 11.8 Å². The van der Waals surface area contributed by atoms with Crippen LogP contribution in [0.5, 0.6) is 0 Å². The maximum Gasteiger partial charge on any atom is 0.0560 e. The van der Waals surface area contributed by atoms with Crippen LogP contribution in [0.1, 0.15) is 18.1 Å². The first-order chi connectivity index (χ1) is 6.74. The van der Waals surface area contributed by atoms with E-state index < -0.39 is 0 Å². The van der Waals surface area contributed by atoms with E-state index in [-0.39, 0.29) is 0 Å². The molecule has 0 heterocycles. The summed E-state index contributed by atoms with van der Waals surface area (Å²) in [7, 11) is 0. The number of aryl methyl sites for hydroxylation is 2. The molecule has 0 saturated heterocycles. The zero-order chi connectivity index (χ0) is 10.4. The highest BCUT2D eigenvalue weighted by molar-refractivity contribution is 7.99. The molecule has 78 valence electrons. The SMILES string of the molecule is CCOCCSc1ccc(C)cc1C. The van der Waals surface area contributed by atoms with Gasteiger partial charge >= 0.3 is 0 Å². The van der Waals surface area contributed by atoms with E-state index in [4.69, 9.17) is 4.74 Å². The van der Waals surface area contributed by atoms with Crippen LogP contribution in [0.2, 0.25) is 0 Å². The Morgan fingerprint density at radius 3 is 2.71 bits per heavy atom. The van der Waals surface area contributed by atoms with E-state index in [2.05, 4.69) is 32.0 Å². The minimum Gasteiger partial charge on any atom is -0.381 e. The molecule has 0 aromatic heterocycles. The van der Waals surface area contributed by atoms with Crippen LogP contribution in [-0.4, -0.2) is 19.0 Å². The summed E-state index contributed by atoms with van der Waals surface area (Å²) in [5.41, 5.74) is 2.70. The lowest BCUT2D eigenvalue weighted by Crippen LogP contribution is -1.96. The highest BCUT2D eigenvalue weighted by Gasteiger charge is 1.98.